The van der Waals surface area contributed by atoms with E-state index in [2.05, 4.69) is 15.6 Å². The Morgan fingerprint density at radius 1 is 1.19 bits per heavy atom. The van der Waals surface area contributed by atoms with Gasteiger partial charge in [0, 0.05) is 16.3 Å². The number of benzene rings is 2. The molecule has 2 aromatic carbocycles. The molecule has 5 nitrogen and oxygen atoms in total. The predicted octanol–water partition coefficient (Wildman–Crippen LogP) is 3.97. The topological polar surface area (TPSA) is 59.3 Å². The minimum absolute atomic E-state index is 0.263. The minimum atomic E-state index is -0.263. The van der Waals surface area contributed by atoms with Gasteiger partial charge >= 0.3 is 0 Å². The second kappa shape index (κ2) is 7.97. The summed E-state index contributed by atoms with van der Waals surface area (Å²) in [5, 5.41) is 9.04. The summed E-state index contributed by atoms with van der Waals surface area (Å²) in [6, 6.07) is 16.7. The van der Waals surface area contributed by atoms with Gasteiger partial charge in [0.25, 0.3) is 5.91 Å². The van der Waals surface area contributed by atoms with Crippen LogP contribution < -0.4 is 5.43 Å². The van der Waals surface area contributed by atoms with Crippen LogP contribution >= 0.6 is 11.6 Å². The van der Waals surface area contributed by atoms with Crippen LogP contribution in [0.2, 0.25) is 5.02 Å². The maximum atomic E-state index is 12.2. The molecule has 0 unspecified atom stereocenters. The number of carbonyl (C=O) groups is 1. The summed E-state index contributed by atoms with van der Waals surface area (Å²) in [7, 11) is 0. The molecule has 26 heavy (non-hydrogen) atoms. The van der Waals surface area contributed by atoms with E-state index in [9.17, 15) is 4.79 Å². The first kappa shape index (κ1) is 17.9. The summed E-state index contributed by atoms with van der Waals surface area (Å²) < 4.78 is 1.94. The van der Waals surface area contributed by atoms with Crippen molar-refractivity contribution in [2.45, 2.75) is 20.4 Å². The molecule has 0 saturated carbocycles. The Morgan fingerprint density at radius 3 is 2.62 bits per heavy atom. The number of aromatic nitrogens is 2. The third-order valence-electron chi connectivity index (χ3n) is 3.88. The van der Waals surface area contributed by atoms with Gasteiger partial charge in [-0.05, 0) is 55.3 Å². The number of halogens is 1. The van der Waals surface area contributed by atoms with E-state index < -0.39 is 0 Å². The van der Waals surface area contributed by atoms with Gasteiger partial charge < -0.3 is 0 Å². The molecular formula is C20H19ClN4O. The van der Waals surface area contributed by atoms with Crippen LogP contribution in [0, 0.1) is 13.8 Å². The van der Waals surface area contributed by atoms with E-state index in [0.717, 1.165) is 22.5 Å². The third-order valence-corrected chi connectivity index (χ3v) is 4.12. The van der Waals surface area contributed by atoms with Crippen molar-refractivity contribution in [2.24, 2.45) is 5.10 Å². The number of hydrazone groups is 1. The first-order valence-corrected chi connectivity index (χ1v) is 8.58. The Morgan fingerprint density at radius 2 is 1.96 bits per heavy atom. The Labute approximate surface area is 157 Å². The smallest absolute Gasteiger partial charge is 0.267 e. The summed E-state index contributed by atoms with van der Waals surface area (Å²) in [4.78, 5) is 12.2. The number of nitrogens with zero attached hydrogens (tertiary/aromatic N) is 3. The molecule has 0 atom stereocenters. The molecule has 3 rings (SSSR count). The van der Waals surface area contributed by atoms with Crippen molar-refractivity contribution in [1.82, 2.24) is 15.2 Å². The van der Waals surface area contributed by atoms with E-state index in [0.29, 0.717) is 17.1 Å². The van der Waals surface area contributed by atoms with Crippen molar-refractivity contribution in [2.75, 3.05) is 0 Å². The summed E-state index contributed by atoms with van der Waals surface area (Å²) in [6.07, 6.45) is 1.56. The highest BCUT2D eigenvalue weighted by atomic mass is 35.5. The number of rotatable bonds is 5. The van der Waals surface area contributed by atoms with Crippen molar-refractivity contribution in [3.05, 3.63) is 87.7 Å². The van der Waals surface area contributed by atoms with Gasteiger partial charge in [-0.25, -0.2) is 5.43 Å². The lowest BCUT2D eigenvalue weighted by Gasteiger charge is -2.06. The number of aryl methyl sites for hydroxylation is 2. The molecule has 1 N–H and O–H groups in total. The fraction of sp³-hybridized carbons (Fsp3) is 0.150. The molecule has 0 spiro atoms. The molecule has 0 aliphatic carbocycles. The lowest BCUT2D eigenvalue weighted by molar-refractivity contribution is 0.0955. The molecule has 0 saturated heterocycles. The van der Waals surface area contributed by atoms with Gasteiger partial charge in [-0.2, -0.15) is 10.2 Å². The molecule has 6 heteroatoms. The van der Waals surface area contributed by atoms with E-state index in [1.165, 1.54) is 0 Å². The van der Waals surface area contributed by atoms with Gasteiger partial charge in [-0.3, -0.25) is 9.48 Å². The maximum absolute atomic E-state index is 12.2. The van der Waals surface area contributed by atoms with E-state index in [-0.39, 0.29) is 5.91 Å². The largest absolute Gasteiger partial charge is 0.271 e. The van der Waals surface area contributed by atoms with Crippen LogP contribution in [0.4, 0.5) is 0 Å². The van der Waals surface area contributed by atoms with E-state index in [1.807, 2.05) is 48.9 Å². The van der Waals surface area contributed by atoms with Crippen LogP contribution in [0.5, 0.6) is 0 Å². The number of carbonyl (C=O) groups excluding carboxylic acids is 1. The number of hydrogen-bond acceptors (Lipinski definition) is 3. The third kappa shape index (κ3) is 4.58. The minimum Gasteiger partial charge on any atom is -0.267 e. The van der Waals surface area contributed by atoms with E-state index in [4.69, 9.17) is 11.6 Å². The Bertz CT molecular complexity index is 945. The molecule has 1 amide bonds. The number of nitrogens with one attached hydrogen (secondary N) is 1. The molecule has 3 aromatic rings. The van der Waals surface area contributed by atoms with Gasteiger partial charge in [0.05, 0.1) is 18.5 Å². The first-order valence-electron chi connectivity index (χ1n) is 8.20. The molecule has 132 valence electrons. The van der Waals surface area contributed by atoms with Crippen LogP contribution in [0.25, 0.3) is 0 Å². The van der Waals surface area contributed by atoms with Crippen LogP contribution in [-0.4, -0.2) is 21.9 Å². The van der Waals surface area contributed by atoms with Gasteiger partial charge in [-0.1, -0.05) is 35.9 Å². The van der Waals surface area contributed by atoms with Gasteiger partial charge in [-0.15, -0.1) is 0 Å². The molecule has 0 aliphatic heterocycles. The lowest BCUT2D eigenvalue weighted by Crippen LogP contribution is -2.17. The molecule has 0 aliphatic rings. The molecule has 0 bridgehead atoms. The standard InChI is InChI=1S/C20H19ClN4O/c1-14-10-15(2)25(24-14)13-16-6-8-18(9-7-16)20(26)23-22-12-17-4-3-5-19(21)11-17/h3-12H,13H2,1-2H3,(H,23,26)/b22-12-. The zero-order valence-corrected chi connectivity index (χ0v) is 15.4. The van der Waals surface area contributed by atoms with Gasteiger partial charge in [0.2, 0.25) is 0 Å². The van der Waals surface area contributed by atoms with Crippen LogP contribution in [0.3, 0.4) is 0 Å². The summed E-state index contributed by atoms with van der Waals surface area (Å²) in [5.41, 5.74) is 7.07. The summed E-state index contributed by atoms with van der Waals surface area (Å²) in [5.74, 6) is -0.263. The van der Waals surface area contributed by atoms with Gasteiger partial charge in [0.1, 0.15) is 0 Å². The van der Waals surface area contributed by atoms with Crippen molar-refractivity contribution in [3.8, 4) is 0 Å². The molecule has 0 fully saturated rings. The first-order chi connectivity index (χ1) is 12.5. The average molecular weight is 367 g/mol. The highest BCUT2D eigenvalue weighted by Gasteiger charge is 2.06. The monoisotopic (exact) mass is 366 g/mol. The Kier molecular flexibility index (Phi) is 5.49. The summed E-state index contributed by atoms with van der Waals surface area (Å²) in [6.45, 7) is 4.68. The zero-order valence-electron chi connectivity index (χ0n) is 14.6. The fourth-order valence-corrected chi connectivity index (χ4v) is 2.79. The average Bonchev–Trinajstić information content (AvgIpc) is 2.93. The zero-order chi connectivity index (χ0) is 18.5. The van der Waals surface area contributed by atoms with Gasteiger partial charge in [0.15, 0.2) is 0 Å². The van der Waals surface area contributed by atoms with Crippen molar-refractivity contribution >= 4 is 23.7 Å². The van der Waals surface area contributed by atoms with Crippen LogP contribution in [0.1, 0.15) is 32.9 Å². The normalized spacial score (nSPS) is 11.0. The van der Waals surface area contributed by atoms with Crippen LogP contribution in [0.15, 0.2) is 59.7 Å². The van der Waals surface area contributed by atoms with Crippen molar-refractivity contribution in [1.29, 1.82) is 0 Å². The molecule has 1 heterocycles. The van der Waals surface area contributed by atoms with E-state index in [1.54, 1.807) is 30.5 Å². The fourth-order valence-electron chi connectivity index (χ4n) is 2.59. The van der Waals surface area contributed by atoms with E-state index >= 15 is 0 Å². The number of hydrogen-bond donors (Lipinski definition) is 1. The lowest BCUT2D eigenvalue weighted by atomic mass is 10.1. The van der Waals surface area contributed by atoms with Crippen molar-refractivity contribution < 1.29 is 4.79 Å². The Balaban J connectivity index is 1.61. The highest BCUT2D eigenvalue weighted by Crippen LogP contribution is 2.10. The second-order valence-corrected chi connectivity index (χ2v) is 6.47. The molecule has 1 aromatic heterocycles. The quantitative estimate of drug-likeness (QED) is 0.548. The van der Waals surface area contributed by atoms with Crippen LogP contribution in [-0.2, 0) is 6.54 Å². The number of amides is 1. The molecule has 0 radical (unpaired) electrons. The summed E-state index contributed by atoms with van der Waals surface area (Å²) >= 11 is 5.91. The predicted molar refractivity (Wildman–Crippen MR) is 104 cm³/mol. The Hall–Kier alpha value is -2.92. The second-order valence-electron chi connectivity index (χ2n) is 6.04. The highest BCUT2D eigenvalue weighted by molar-refractivity contribution is 6.30. The molecular weight excluding hydrogens is 348 g/mol. The van der Waals surface area contributed by atoms with Crippen molar-refractivity contribution in [3.63, 3.8) is 0 Å². The SMILES string of the molecule is Cc1cc(C)n(Cc2ccc(C(=O)N/N=C\c3cccc(Cl)c3)cc2)n1. The maximum Gasteiger partial charge on any atom is 0.271 e.